The van der Waals surface area contributed by atoms with Gasteiger partial charge in [-0.25, -0.2) is 9.37 Å². The van der Waals surface area contributed by atoms with Gasteiger partial charge in [0.1, 0.15) is 5.82 Å². The largest absolute Gasteiger partial charge is 0.339 e. The van der Waals surface area contributed by atoms with E-state index in [1.165, 1.54) is 17.8 Å². The summed E-state index contributed by atoms with van der Waals surface area (Å²) >= 11 is 1.51. The van der Waals surface area contributed by atoms with Crippen LogP contribution < -0.4 is 5.32 Å². The fourth-order valence-corrected chi connectivity index (χ4v) is 2.36. The Morgan fingerprint density at radius 3 is 2.94 bits per heavy atom. The Bertz CT molecular complexity index is 497. The van der Waals surface area contributed by atoms with E-state index in [4.69, 9.17) is 0 Å². The second-order valence-electron chi connectivity index (χ2n) is 4.28. The molecule has 5 heteroatoms. The van der Waals surface area contributed by atoms with Gasteiger partial charge in [-0.1, -0.05) is 25.6 Å². The first-order valence-corrected chi connectivity index (χ1v) is 6.66. The summed E-state index contributed by atoms with van der Waals surface area (Å²) in [6.45, 7) is 4.79. The number of halogens is 1. The van der Waals surface area contributed by atoms with Crippen LogP contribution >= 0.6 is 11.8 Å². The van der Waals surface area contributed by atoms with E-state index in [0.717, 1.165) is 15.6 Å². The van der Waals surface area contributed by atoms with Crippen LogP contribution in [-0.2, 0) is 6.54 Å². The van der Waals surface area contributed by atoms with Crippen molar-refractivity contribution in [2.75, 3.05) is 0 Å². The third-order valence-corrected chi connectivity index (χ3v) is 3.44. The Labute approximate surface area is 110 Å². The summed E-state index contributed by atoms with van der Waals surface area (Å²) in [5.41, 5.74) is 0.949. The molecule has 1 aromatic carbocycles. The summed E-state index contributed by atoms with van der Waals surface area (Å²) in [4.78, 5) is 8.21. The van der Waals surface area contributed by atoms with E-state index in [1.807, 2.05) is 0 Å². The molecule has 1 aromatic heterocycles. The zero-order valence-electron chi connectivity index (χ0n) is 10.4. The minimum atomic E-state index is -0.209. The molecule has 0 aliphatic rings. The fourth-order valence-electron chi connectivity index (χ4n) is 1.51. The SMILES string of the molecule is CC(C)NCc1cc(F)ccc1Sc1ncc[nH]1. The molecular formula is C13H16FN3S. The molecule has 0 saturated heterocycles. The smallest absolute Gasteiger partial charge is 0.170 e. The lowest BCUT2D eigenvalue weighted by Crippen LogP contribution is -2.22. The standard InChI is InChI=1S/C13H16FN3S/c1-9(2)17-8-10-7-11(14)3-4-12(10)18-13-15-5-6-16-13/h3-7,9,17H,8H2,1-2H3,(H,15,16). The molecule has 0 atom stereocenters. The second kappa shape index (κ2) is 6.02. The summed E-state index contributed by atoms with van der Waals surface area (Å²) < 4.78 is 13.3. The first-order chi connectivity index (χ1) is 8.65. The van der Waals surface area contributed by atoms with Crippen molar-refractivity contribution in [3.63, 3.8) is 0 Å². The molecular weight excluding hydrogens is 249 g/mol. The van der Waals surface area contributed by atoms with Crippen LogP contribution in [0.2, 0.25) is 0 Å². The lowest BCUT2D eigenvalue weighted by molar-refractivity contribution is 0.576. The normalized spacial score (nSPS) is 11.1. The molecule has 2 rings (SSSR count). The number of imidazole rings is 1. The highest BCUT2D eigenvalue weighted by molar-refractivity contribution is 7.99. The van der Waals surface area contributed by atoms with Crippen LogP contribution in [0.5, 0.6) is 0 Å². The number of benzene rings is 1. The highest BCUT2D eigenvalue weighted by Gasteiger charge is 2.08. The molecule has 0 radical (unpaired) electrons. The van der Waals surface area contributed by atoms with Gasteiger partial charge in [-0.15, -0.1) is 0 Å². The molecule has 0 fully saturated rings. The van der Waals surface area contributed by atoms with Crippen LogP contribution in [0.3, 0.4) is 0 Å². The quantitative estimate of drug-likeness (QED) is 0.872. The van der Waals surface area contributed by atoms with Crippen LogP contribution in [0.25, 0.3) is 0 Å². The summed E-state index contributed by atoms with van der Waals surface area (Å²) in [6, 6.07) is 5.21. The number of hydrogen-bond donors (Lipinski definition) is 2. The Balaban J connectivity index is 2.17. The van der Waals surface area contributed by atoms with Crippen molar-refractivity contribution in [3.05, 3.63) is 42.0 Å². The summed E-state index contributed by atoms with van der Waals surface area (Å²) in [7, 11) is 0. The second-order valence-corrected chi connectivity index (χ2v) is 5.31. The number of rotatable bonds is 5. The summed E-state index contributed by atoms with van der Waals surface area (Å²) in [6.07, 6.45) is 3.48. The van der Waals surface area contributed by atoms with Crippen molar-refractivity contribution in [2.24, 2.45) is 0 Å². The third kappa shape index (κ3) is 3.58. The Hall–Kier alpha value is -1.33. The van der Waals surface area contributed by atoms with Gasteiger partial charge in [0, 0.05) is 29.9 Å². The van der Waals surface area contributed by atoms with E-state index >= 15 is 0 Å². The van der Waals surface area contributed by atoms with Gasteiger partial charge in [-0.05, 0) is 23.8 Å². The highest BCUT2D eigenvalue weighted by atomic mass is 32.2. The van der Waals surface area contributed by atoms with Crippen LogP contribution in [0.15, 0.2) is 40.6 Å². The van der Waals surface area contributed by atoms with Crippen molar-refractivity contribution in [2.45, 2.75) is 36.5 Å². The number of nitrogens with zero attached hydrogens (tertiary/aromatic N) is 1. The van der Waals surface area contributed by atoms with E-state index in [-0.39, 0.29) is 5.82 Å². The van der Waals surface area contributed by atoms with Gasteiger partial charge in [0.05, 0.1) is 0 Å². The lowest BCUT2D eigenvalue weighted by atomic mass is 10.2. The van der Waals surface area contributed by atoms with Gasteiger partial charge in [0.25, 0.3) is 0 Å². The zero-order chi connectivity index (χ0) is 13.0. The molecule has 0 bridgehead atoms. The van der Waals surface area contributed by atoms with Crippen LogP contribution in [-0.4, -0.2) is 16.0 Å². The molecule has 0 spiro atoms. The van der Waals surface area contributed by atoms with E-state index in [1.54, 1.807) is 24.5 Å². The minimum absolute atomic E-state index is 0.209. The van der Waals surface area contributed by atoms with E-state index < -0.39 is 0 Å². The maximum Gasteiger partial charge on any atom is 0.170 e. The maximum atomic E-state index is 13.3. The van der Waals surface area contributed by atoms with E-state index in [9.17, 15) is 4.39 Å². The van der Waals surface area contributed by atoms with Crippen LogP contribution in [0.1, 0.15) is 19.4 Å². The first kappa shape index (κ1) is 13.1. The van der Waals surface area contributed by atoms with Crippen molar-refractivity contribution in [1.82, 2.24) is 15.3 Å². The van der Waals surface area contributed by atoms with Crippen molar-refractivity contribution < 1.29 is 4.39 Å². The zero-order valence-corrected chi connectivity index (χ0v) is 11.2. The lowest BCUT2D eigenvalue weighted by Gasteiger charge is -2.11. The number of nitrogens with one attached hydrogen (secondary N) is 2. The molecule has 0 aliphatic carbocycles. The third-order valence-electron chi connectivity index (χ3n) is 2.40. The fraction of sp³-hybridized carbons (Fsp3) is 0.308. The highest BCUT2D eigenvalue weighted by Crippen LogP contribution is 2.28. The summed E-state index contributed by atoms with van der Waals surface area (Å²) in [5.74, 6) is -0.209. The van der Waals surface area contributed by atoms with Crippen molar-refractivity contribution >= 4 is 11.8 Å². The van der Waals surface area contributed by atoms with Gasteiger partial charge >= 0.3 is 0 Å². The molecule has 1 heterocycles. The number of aromatic nitrogens is 2. The number of H-pyrrole nitrogens is 1. The Morgan fingerprint density at radius 2 is 2.28 bits per heavy atom. The minimum Gasteiger partial charge on any atom is -0.339 e. The monoisotopic (exact) mass is 265 g/mol. The van der Waals surface area contributed by atoms with Gasteiger partial charge < -0.3 is 10.3 Å². The van der Waals surface area contributed by atoms with E-state index in [0.29, 0.717) is 12.6 Å². The molecule has 3 nitrogen and oxygen atoms in total. The molecule has 96 valence electrons. The average Bonchev–Trinajstić information content (AvgIpc) is 2.82. The van der Waals surface area contributed by atoms with Gasteiger partial charge in [0.15, 0.2) is 5.16 Å². The van der Waals surface area contributed by atoms with Crippen molar-refractivity contribution in [3.8, 4) is 0 Å². The topological polar surface area (TPSA) is 40.7 Å². The predicted molar refractivity (Wildman–Crippen MR) is 71.1 cm³/mol. The summed E-state index contributed by atoms with van der Waals surface area (Å²) in [5, 5.41) is 4.11. The molecule has 2 N–H and O–H groups in total. The van der Waals surface area contributed by atoms with Crippen molar-refractivity contribution in [1.29, 1.82) is 0 Å². The average molecular weight is 265 g/mol. The van der Waals surface area contributed by atoms with E-state index in [2.05, 4.69) is 29.1 Å². The first-order valence-electron chi connectivity index (χ1n) is 5.84. The Morgan fingerprint density at radius 1 is 1.44 bits per heavy atom. The van der Waals surface area contributed by atoms with Gasteiger partial charge in [-0.2, -0.15) is 0 Å². The molecule has 18 heavy (non-hydrogen) atoms. The number of hydrogen-bond acceptors (Lipinski definition) is 3. The molecule has 0 saturated carbocycles. The molecule has 0 amide bonds. The number of aromatic amines is 1. The van der Waals surface area contributed by atoms with Crippen LogP contribution in [0, 0.1) is 5.82 Å². The van der Waals surface area contributed by atoms with Gasteiger partial charge in [-0.3, -0.25) is 0 Å². The van der Waals surface area contributed by atoms with Crippen LogP contribution in [0.4, 0.5) is 4.39 Å². The molecule has 2 aromatic rings. The predicted octanol–water partition coefficient (Wildman–Crippen LogP) is 3.20. The Kier molecular flexibility index (Phi) is 4.38. The molecule has 0 aliphatic heterocycles. The molecule has 0 unspecified atom stereocenters. The maximum absolute atomic E-state index is 13.3. The van der Waals surface area contributed by atoms with Gasteiger partial charge in [0.2, 0.25) is 0 Å².